The Balaban J connectivity index is 1.99. The molecule has 2 aliphatic heterocycles. The quantitative estimate of drug-likeness (QED) is 0.734. The molecule has 2 aliphatic rings. The van der Waals surface area contributed by atoms with Crippen molar-refractivity contribution in [2.75, 3.05) is 38.2 Å². The molecule has 0 N–H and O–H groups in total. The molecule has 0 spiro atoms. The Morgan fingerprint density at radius 3 is 2.52 bits per heavy atom. The SMILES string of the molecule is CCCN1CCN(S(=O)(=O)c2ccccc2OC)[C@H]2CS(=O)(=O)C[C@H]21. The molecule has 9 heteroatoms. The summed E-state index contributed by atoms with van der Waals surface area (Å²) in [5.41, 5.74) is 0. The maximum absolute atomic E-state index is 13.2. The third-order valence-electron chi connectivity index (χ3n) is 4.91. The molecule has 7 nitrogen and oxygen atoms in total. The molecule has 0 unspecified atom stereocenters. The fourth-order valence-electron chi connectivity index (χ4n) is 3.81. The topological polar surface area (TPSA) is 84.0 Å². The number of sulfonamides is 1. The van der Waals surface area contributed by atoms with Crippen LogP contribution in [0.25, 0.3) is 0 Å². The Labute approximate surface area is 149 Å². The summed E-state index contributed by atoms with van der Waals surface area (Å²) in [6, 6.07) is 5.64. The third-order valence-corrected chi connectivity index (χ3v) is 8.57. The van der Waals surface area contributed by atoms with Crippen LogP contribution in [0.15, 0.2) is 29.2 Å². The highest BCUT2D eigenvalue weighted by Gasteiger charge is 2.50. The van der Waals surface area contributed by atoms with Crippen LogP contribution in [0.2, 0.25) is 0 Å². The molecule has 0 bridgehead atoms. The number of nitrogens with zero attached hydrogens (tertiary/aromatic N) is 2. The summed E-state index contributed by atoms with van der Waals surface area (Å²) >= 11 is 0. The van der Waals surface area contributed by atoms with E-state index in [0.717, 1.165) is 13.0 Å². The zero-order valence-electron chi connectivity index (χ0n) is 14.5. The van der Waals surface area contributed by atoms with Gasteiger partial charge in [-0.3, -0.25) is 4.90 Å². The van der Waals surface area contributed by atoms with Gasteiger partial charge >= 0.3 is 0 Å². The second-order valence-electron chi connectivity index (χ2n) is 6.51. The van der Waals surface area contributed by atoms with E-state index in [1.807, 2.05) is 6.92 Å². The lowest BCUT2D eigenvalue weighted by atomic mass is 10.1. The molecular weight excluding hydrogens is 364 g/mol. The van der Waals surface area contributed by atoms with E-state index < -0.39 is 25.9 Å². The minimum Gasteiger partial charge on any atom is -0.495 e. The molecule has 0 radical (unpaired) electrons. The normalized spacial score (nSPS) is 27.1. The molecule has 2 heterocycles. The predicted octanol–water partition coefficient (Wildman–Crippen LogP) is 0.577. The molecule has 25 heavy (non-hydrogen) atoms. The van der Waals surface area contributed by atoms with E-state index in [1.54, 1.807) is 18.2 Å². The second-order valence-corrected chi connectivity index (χ2v) is 10.5. The molecule has 0 saturated carbocycles. The van der Waals surface area contributed by atoms with Gasteiger partial charge in [0.1, 0.15) is 10.6 Å². The van der Waals surface area contributed by atoms with Crippen LogP contribution in [0.5, 0.6) is 5.75 Å². The molecule has 140 valence electrons. The number of fused-ring (bicyclic) bond motifs is 1. The Bertz CT molecular complexity index is 838. The number of methoxy groups -OCH3 is 1. The van der Waals surface area contributed by atoms with Crippen LogP contribution in [0.3, 0.4) is 0 Å². The lowest BCUT2D eigenvalue weighted by molar-refractivity contribution is 0.0956. The van der Waals surface area contributed by atoms with Crippen LogP contribution in [0.1, 0.15) is 13.3 Å². The van der Waals surface area contributed by atoms with Gasteiger partial charge in [-0.05, 0) is 25.1 Å². The van der Waals surface area contributed by atoms with Crippen molar-refractivity contribution in [3.8, 4) is 5.75 Å². The van der Waals surface area contributed by atoms with E-state index in [4.69, 9.17) is 4.74 Å². The highest BCUT2D eigenvalue weighted by molar-refractivity contribution is 7.92. The van der Waals surface area contributed by atoms with E-state index in [-0.39, 0.29) is 34.7 Å². The van der Waals surface area contributed by atoms with Gasteiger partial charge in [0.25, 0.3) is 0 Å². The van der Waals surface area contributed by atoms with Crippen molar-refractivity contribution < 1.29 is 21.6 Å². The molecule has 1 aromatic rings. The van der Waals surface area contributed by atoms with Crippen LogP contribution in [-0.4, -0.2) is 76.4 Å². The number of para-hydroxylation sites is 1. The Morgan fingerprint density at radius 2 is 1.84 bits per heavy atom. The van der Waals surface area contributed by atoms with Crippen LogP contribution >= 0.6 is 0 Å². The third kappa shape index (κ3) is 3.42. The average Bonchev–Trinajstić information content (AvgIpc) is 2.90. The van der Waals surface area contributed by atoms with Gasteiger partial charge in [-0.1, -0.05) is 19.1 Å². The van der Waals surface area contributed by atoms with Crippen LogP contribution < -0.4 is 4.74 Å². The summed E-state index contributed by atoms with van der Waals surface area (Å²) in [5, 5.41) is 0. The summed E-state index contributed by atoms with van der Waals surface area (Å²) in [6.45, 7) is 3.64. The van der Waals surface area contributed by atoms with Gasteiger partial charge < -0.3 is 4.74 Å². The maximum Gasteiger partial charge on any atom is 0.247 e. The first kappa shape index (κ1) is 18.6. The standard InChI is InChI=1S/C16H24N2O5S2/c1-3-8-17-9-10-18(14-12-24(19,20)11-13(14)17)25(21,22)16-7-5-4-6-15(16)23-2/h4-7,13-14H,3,8-12H2,1-2H3/t13-,14+/m1/s1. The maximum atomic E-state index is 13.2. The lowest BCUT2D eigenvalue weighted by Gasteiger charge is -2.43. The van der Waals surface area contributed by atoms with Gasteiger partial charge in [0.2, 0.25) is 10.0 Å². The first-order valence-electron chi connectivity index (χ1n) is 8.39. The Kier molecular flexibility index (Phi) is 5.11. The number of hydrogen-bond donors (Lipinski definition) is 0. The first-order chi connectivity index (χ1) is 11.8. The van der Waals surface area contributed by atoms with E-state index in [9.17, 15) is 16.8 Å². The average molecular weight is 389 g/mol. The summed E-state index contributed by atoms with van der Waals surface area (Å²) in [5.74, 6) is 0.179. The molecule has 0 amide bonds. The van der Waals surface area contributed by atoms with Crippen molar-refractivity contribution in [1.82, 2.24) is 9.21 Å². The second kappa shape index (κ2) is 6.86. The molecule has 2 atom stereocenters. The number of piperazine rings is 1. The van der Waals surface area contributed by atoms with E-state index in [2.05, 4.69) is 4.90 Å². The van der Waals surface area contributed by atoms with E-state index in [1.165, 1.54) is 17.5 Å². The zero-order valence-corrected chi connectivity index (χ0v) is 16.1. The fraction of sp³-hybridized carbons (Fsp3) is 0.625. The van der Waals surface area contributed by atoms with Gasteiger partial charge in [0, 0.05) is 19.1 Å². The number of rotatable bonds is 5. The molecule has 0 aliphatic carbocycles. The van der Waals surface area contributed by atoms with Crippen molar-refractivity contribution in [2.45, 2.75) is 30.3 Å². The van der Waals surface area contributed by atoms with Gasteiger partial charge in [-0.15, -0.1) is 0 Å². The van der Waals surface area contributed by atoms with E-state index in [0.29, 0.717) is 6.54 Å². The van der Waals surface area contributed by atoms with E-state index >= 15 is 0 Å². The van der Waals surface area contributed by atoms with Crippen molar-refractivity contribution in [3.05, 3.63) is 24.3 Å². The minimum absolute atomic E-state index is 0.0234. The number of ether oxygens (including phenoxy) is 1. The van der Waals surface area contributed by atoms with Crippen molar-refractivity contribution in [1.29, 1.82) is 0 Å². The summed E-state index contributed by atoms with van der Waals surface area (Å²) in [7, 11) is -5.65. The van der Waals surface area contributed by atoms with Crippen molar-refractivity contribution in [2.24, 2.45) is 0 Å². The van der Waals surface area contributed by atoms with Gasteiger partial charge in [0.05, 0.1) is 24.7 Å². The molecule has 2 fully saturated rings. The largest absolute Gasteiger partial charge is 0.495 e. The van der Waals surface area contributed by atoms with Gasteiger partial charge in [-0.25, -0.2) is 16.8 Å². The first-order valence-corrected chi connectivity index (χ1v) is 11.7. The van der Waals surface area contributed by atoms with Crippen LogP contribution in [0, 0.1) is 0 Å². The summed E-state index contributed by atoms with van der Waals surface area (Å²) < 4.78 is 57.4. The molecule has 2 saturated heterocycles. The minimum atomic E-state index is -3.83. The highest BCUT2D eigenvalue weighted by Crippen LogP contribution is 2.34. The van der Waals surface area contributed by atoms with Gasteiger partial charge in [0.15, 0.2) is 9.84 Å². The fourth-order valence-corrected chi connectivity index (χ4v) is 7.72. The zero-order chi connectivity index (χ0) is 18.2. The van der Waals surface area contributed by atoms with Crippen molar-refractivity contribution in [3.63, 3.8) is 0 Å². The molecular formula is C16H24N2O5S2. The number of benzene rings is 1. The summed E-state index contributed by atoms with van der Waals surface area (Å²) in [6.07, 6.45) is 0.905. The highest BCUT2D eigenvalue weighted by atomic mass is 32.2. The van der Waals surface area contributed by atoms with Crippen molar-refractivity contribution >= 4 is 19.9 Å². The Morgan fingerprint density at radius 1 is 1.16 bits per heavy atom. The molecule has 0 aromatic heterocycles. The lowest BCUT2D eigenvalue weighted by Crippen LogP contribution is -2.60. The summed E-state index contributed by atoms with van der Waals surface area (Å²) in [4.78, 5) is 2.20. The van der Waals surface area contributed by atoms with Gasteiger partial charge in [-0.2, -0.15) is 4.31 Å². The molecule has 3 rings (SSSR count). The van der Waals surface area contributed by atoms with Crippen LogP contribution in [0.4, 0.5) is 0 Å². The number of sulfone groups is 1. The Hall–Kier alpha value is -1.16. The molecule has 1 aromatic carbocycles. The van der Waals surface area contributed by atoms with Crippen LogP contribution in [-0.2, 0) is 19.9 Å². The number of hydrogen-bond acceptors (Lipinski definition) is 6. The smallest absolute Gasteiger partial charge is 0.247 e. The predicted molar refractivity (Wildman–Crippen MR) is 95.0 cm³/mol. The monoisotopic (exact) mass is 388 g/mol.